The van der Waals surface area contributed by atoms with Gasteiger partial charge >= 0.3 is 0 Å². The van der Waals surface area contributed by atoms with Crippen LogP contribution in [0.4, 0.5) is 0 Å². The zero-order valence-electron chi connectivity index (χ0n) is 13.9. The Morgan fingerprint density at radius 3 is 2.08 bits per heavy atom. The van der Waals surface area contributed by atoms with Crippen LogP contribution in [0.25, 0.3) is 42.4 Å². The fourth-order valence-electron chi connectivity index (χ4n) is 3.45. The minimum Gasteiger partial charge on any atom is -0.134 e. The second-order valence-electron chi connectivity index (χ2n) is 6.38. The van der Waals surface area contributed by atoms with Crippen LogP contribution in [0.5, 0.6) is 0 Å². The number of hydrogen-bond acceptors (Lipinski definition) is 1. The third-order valence-electron chi connectivity index (χ3n) is 4.75. The Balaban J connectivity index is 1.68. The minimum atomic E-state index is 0.830. The van der Waals surface area contributed by atoms with E-state index in [0.717, 1.165) is 5.02 Å². The van der Waals surface area contributed by atoms with E-state index in [1.165, 1.54) is 42.4 Å². The maximum absolute atomic E-state index is 6.38. The van der Waals surface area contributed by atoms with Crippen LogP contribution in [0.2, 0.25) is 5.02 Å². The summed E-state index contributed by atoms with van der Waals surface area (Å²) in [5.74, 6) is 0. The fraction of sp³-hybridized carbons (Fsp3) is 0. The summed E-state index contributed by atoms with van der Waals surface area (Å²) in [4.78, 5) is 0. The van der Waals surface area contributed by atoms with Crippen molar-refractivity contribution in [3.63, 3.8) is 0 Å². The van der Waals surface area contributed by atoms with Gasteiger partial charge in [0.15, 0.2) is 0 Å². The molecular formula is C24H15ClS. The number of benzene rings is 4. The summed E-state index contributed by atoms with van der Waals surface area (Å²) in [6, 6.07) is 32.1. The van der Waals surface area contributed by atoms with Crippen molar-refractivity contribution < 1.29 is 0 Å². The highest BCUT2D eigenvalue weighted by atomic mass is 35.5. The van der Waals surface area contributed by atoms with Gasteiger partial charge in [-0.3, -0.25) is 0 Å². The second-order valence-corrected chi connectivity index (χ2v) is 7.84. The van der Waals surface area contributed by atoms with Crippen LogP contribution in [0.3, 0.4) is 0 Å². The van der Waals surface area contributed by atoms with Gasteiger partial charge in [-0.15, -0.1) is 11.3 Å². The fourth-order valence-corrected chi connectivity index (χ4v) is 4.83. The van der Waals surface area contributed by atoms with Gasteiger partial charge in [0.2, 0.25) is 0 Å². The first kappa shape index (κ1) is 15.6. The molecule has 0 atom stereocenters. The molecule has 2 heteroatoms. The Morgan fingerprint density at radius 2 is 1.23 bits per heavy atom. The van der Waals surface area contributed by atoms with Crippen LogP contribution >= 0.6 is 22.9 Å². The summed E-state index contributed by atoms with van der Waals surface area (Å²) in [5.41, 5.74) is 4.94. The van der Waals surface area contributed by atoms with Gasteiger partial charge in [-0.2, -0.15) is 0 Å². The highest BCUT2D eigenvalue weighted by Gasteiger charge is 2.09. The normalized spacial score (nSPS) is 11.3. The first-order valence-electron chi connectivity index (χ1n) is 8.56. The molecule has 0 bridgehead atoms. The molecular weight excluding hydrogens is 356 g/mol. The summed E-state index contributed by atoms with van der Waals surface area (Å²) >= 11 is 8.14. The van der Waals surface area contributed by atoms with E-state index in [2.05, 4.69) is 72.8 Å². The molecule has 1 heterocycles. The van der Waals surface area contributed by atoms with E-state index in [-0.39, 0.29) is 0 Å². The van der Waals surface area contributed by atoms with Crippen molar-refractivity contribution in [3.05, 3.63) is 96.0 Å². The molecule has 0 fully saturated rings. The third kappa shape index (κ3) is 2.61. The van der Waals surface area contributed by atoms with Gasteiger partial charge in [0.25, 0.3) is 0 Å². The molecule has 0 amide bonds. The van der Waals surface area contributed by atoms with Crippen LogP contribution in [0.1, 0.15) is 0 Å². The summed E-state index contributed by atoms with van der Waals surface area (Å²) in [5, 5.41) is 3.34. The first-order chi connectivity index (χ1) is 12.8. The van der Waals surface area contributed by atoms with E-state index in [1.54, 1.807) is 11.3 Å². The van der Waals surface area contributed by atoms with Crippen LogP contribution in [-0.4, -0.2) is 0 Å². The molecule has 4 aromatic carbocycles. The molecule has 0 spiro atoms. The lowest BCUT2D eigenvalue weighted by atomic mass is 9.98. The van der Waals surface area contributed by atoms with Gasteiger partial charge in [0.05, 0.1) is 9.72 Å². The maximum atomic E-state index is 6.38. The molecule has 5 rings (SSSR count). The molecule has 0 N–H and O–H groups in total. The van der Waals surface area contributed by atoms with E-state index >= 15 is 0 Å². The zero-order chi connectivity index (χ0) is 17.5. The van der Waals surface area contributed by atoms with Gasteiger partial charge in [0, 0.05) is 15.5 Å². The van der Waals surface area contributed by atoms with Crippen molar-refractivity contribution >= 4 is 43.1 Å². The standard InChI is InChI=1S/C24H15ClS/c25-22-11-5-10-20-21-15-19(12-13-23(21)26-24(20)22)18-9-4-8-17(14-18)16-6-2-1-3-7-16/h1-15H. The summed E-state index contributed by atoms with van der Waals surface area (Å²) in [6.07, 6.45) is 0. The molecule has 1 aromatic heterocycles. The summed E-state index contributed by atoms with van der Waals surface area (Å²) in [7, 11) is 0. The molecule has 124 valence electrons. The predicted molar refractivity (Wildman–Crippen MR) is 115 cm³/mol. The minimum absolute atomic E-state index is 0.830. The molecule has 0 aliphatic heterocycles. The first-order valence-corrected chi connectivity index (χ1v) is 9.76. The highest BCUT2D eigenvalue weighted by Crippen LogP contribution is 2.39. The van der Waals surface area contributed by atoms with Crippen molar-refractivity contribution in [2.75, 3.05) is 0 Å². The van der Waals surface area contributed by atoms with E-state index < -0.39 is 0 Å². The van der Waals surface area contributed by atoms with Crippen LogP contribution in [0.15, 0.2) is 91.0 Å². The molecule has 0 radical (unpaired) electrons. The zero-order valence-corrected chi connectivity index (χ0v) is 15.5. The van der Waals surface area contributed by atoms with Crippen molar-refractivity contribution in [2.24, 2.45) is 0 Å². The van der Waals surface area contributed by atoms with Crippen molar-refractivity contribution in [1.82, 2.24) is 0 Å². The molecule has 0 nitrogen and oxygen atoms in total. The van der Waals surface area contributed by atoms with Gasteiger partial charge in [0.1, 0.15) is 0 Å². The van der Waals surface area contributed by atoms with E-state index in [4.69, 9.17) is 11.6 Å². The molecule has 0 aliphatic rings. The monoisotopic (exact) mass is 370 g/mol. The van der Waals surface area contributed by atoms with Crippen molar-refractivity contribution in [1.29, 1.82) is 0 Å². The maximum Gasteiger partial charge on any atom is 0.0584 e. The molecule has 0 saturated heterocycles. The molecule has 0 aliphatic carbocycles. The lowest BCUT2D eigenvalue weighted by Crippen LogP contribution is -1.81. The molecule has 5 aromatic rings. The number of thiophene rings is 1. The number of halogens is 1. The SMILES string of the molecule is Clc1cccc2c1sc1ccc(-c3cccc(-c4ccccc4)c3)cc12. The lowest BCUT2D eigenvalue weighted by molar-refractivity contribution is 1.60. The topological polar surface area (TPSA) is 0 Å². The lowest BCUT2D eigenvalue weighted by Gasteiger charge is -2.06. The van der Waals surface area contributed by atoms with Gasteiger partial charge in [-0.05, 0) is 46.5 Å². The van der Waals surface area contributed by atoms with Crippen LogP contribution < -0.4 is 0 Å². The molecule has 0 saturated carbocycles. The van der Waals surface area contributed by atoms with Crippen molar-refractivity contribution in [3.8, 4) is 22.3 Å². The van der Waals surface area contributed by atoms with Crippen LogP contribution in [-0.2, 0) is 0 Å². The summed E-state index contributed by atoms with van der Waals surface area (Å²) < 4.78 is 2.44. The highest BCUT2D eigenvalue weighted by molar-refractivity contribution is 7.26. The van der Waals surface area contributed by atoms with Gasteiger partial charge in [-0.1, -0.05) is 78.3 Å². The van der Waals surface area contributed by atoms with Crippen LogP contribution in [0, 0.1) is 0 Å². The van der Waals surface area contributed by atoms with E-state index in [1.807, 2.05) is 18.2 Å². The second kappa shape index (κ2) is 6.28. The Kier molecular flexibility index (Phi) is 3.77. The smallest absolute Gasteiger partial charge is 0.0584 e. The van der Waals surface area contributed by atoms with Gasteiger partial charge < -0.3 is 0 Å². The number of rotatable bonds is 2. The summed E-state index contributed by atoms with van der Waals surface area (Å²) in [6.45, 7) is 0. The average Bonchev–Trinajstić information content (AvgIpc) is 3.08. The largest absolute Gasteiger partial charge is 0.134 e. The van der Waals surface area contributed by atoms with E-state index in [0.29, 0.717) is 0 Å². The van der Waals surface area contributed by atoms with Crippen molar-refractivity contribution in [2.45, 2.75) is 0 Å². The quantitative estimate of drug-likeness (QED) is 0.295. The Hall–Kier alpha value is -2.61. The Morgan fingerprint density at radius 1 is 0.538 bits per heavy atom. The predicted octanol–water partition coefficient (Wildman–Crippen LogP) is 8.04. The number of fused-ring (bicyclic) bond motifs is 3. The molecule has 0 unspecified atom stereocenters. The number of hydrogen-bond donors (Lipinski definition) is 0. The Bertz CT molecular complexity index is 1240. The average molecular weight is 371 g/mol. The third-order valence-corrected chi connectivity index (χ3v) is 6.40. The van der Waals surface area contributed by atoms with Gasteiger partial charge in [-0.25, -0.2) is 0 Å². The molecule has 26 heavy (non-hydrogen) atoms. The Labute approximate surface area is 161 Å². The van der Waals surface area contributed by atoms with E-state index in [9.17, 15) is 0 Å².